The van der Waals surface area contributed by atoms with Gasteiger partial charge in [-0.15, -0.1) is 0 Å². The number of benzene rings is 1. The standard InChI is InChI=1S/C19H20N4O3/c1-26-15-6-7-16-14(10-15)5-2-8-19(16)17(24)23(18(25)22-19)12-13(11-21)4-3-9-20/h6-7,10,13H,2-5,8,12H2,1H3,(H,22,25)/t13-,19-/m1/s1. The van der Waals surface area contributed by atoms with E-state index in [1.54, 1.807) is 13.2 Å². The number of fused-ring (bicyclic) bond motifs is 2. The van der Waals surface area contributed by atoms with E-state index in [9.17, 15) is 14.9 Å². The average Bonchev–Trinajstić information content (AvgIpc) is 2.89. The summed E-state index contributed by atoms with van der Waals surface area (Å²) in [5, 5.41) is 20.8. The van der Waals surface area contributed by atoms with Crippen molar-refractivity contribution in [2.45, 2.75) is 37.6 Å². The summed E-state index contributed by atoms with van der Waals surface area (Å²) in [6, 6.07) is 9.14. The second kappa shape index (κ2) is 7.05. The zero-order valence-corrected chi connectivity index (χ0v) is 14.6. The molecule has 1 fully saturated rings. The normalized spacial score (nSPS) is 22.3. The topological polar surface area (TPSA) is 106 Å². The van der Waals surface area contributed by atoms with Gasteiger partial charge in [-0.1, -0.05) is 6.07 Å². The Hall–Kier alpha value is -3.06. The van der Waals surface area contributed by atoms with E-state index in [2.05, 4.69) is 11.4 Å². The maximum absolute atomic E-state index is 13.2. The minimum atomic E-state index is -1.06. The summed E-state index contributed by atoms with van der Waals surface area (Å²) < 4.78 is 5.26. The van der Waals surface area contributed by atoms with Crippen molar-refractivity contribution in [3.63, 3.8) is 0 Å². The summed E-state index contributed by atoms with van der Waals surface area (Å²) in [5.74, 6) is -0.139. The summed E-state index contributed by atoms with van der Waals surface area (Å²) in [6.07, 6.45) is 2.68. The Balaban J connectivity index is 1.90. The highest BCUT2D eigenvalue weighted by Gasteiger charge is 2.54. The SMILES string of the molecule is COc1ccc2c(c1)CCC[C@@]21NC(=O)N(C[C@@H](C#N)CCC#N)C1=O. The van der Waals surface area contributed by atoms with Crippen LogP contribution in [-0.2, 0) is 16.8 Å². The third-order valence-corrected chi connectivity index (χ3v) is 5.14. The fourth-order valence-corrected chi connectivity index (χ4v) is 3.80. The van der Waals surface area contributed by atoms with Crippen LogP contribution in [-0.4, -0.2) is 30.5 Å². The highest BCUT2D eigenvalue weighted by atomic mass is 16.5. The van der Waals surface area contributed by atoms with Crippen LogP contribution in [0.5, 0.6) is 5.75 Å². The van der Waals surface area contributed by atoms with Crippen molar-refractivity contribution in [2.24, 2.45) is 5.92 Å². The highest BCUT2D eigenvalue weighted by Crippen LogP contribution is 2.41. The quantitative estimate of drug-likeness (QED) is 0.818. The number of ether oxygens (including phenoxy) is 1. The zero-order chi connectivity index (χ0) is 18.7. The van der Waals surface area contributed by atoms with Gasteiger partial charge in [-0.25, -0.2) is 4.79 Å². The van der Waals surface area contributed by atoms with Gasteiger partial charge in [0.1, 0.15) is 11.3 Å². The minimum Gasteiger partial charge on any atom is -0.497 e. The van der Waals surface area contributed by atoms with Gasteiger partial charge < -0.3 is 10.1 Å². The van der Waals surface area contributed by atoms with E-state index in [4.69, 9.17) is 10.00 Å². The van der Waals surface area contributed by atoms with E-state index in [1.807, 2.05) is 18.2 Å². The van der Waals surface area contributed by atoms with Crippen molar-refractivity contribution in [3.05, 3.63) is 29.3 Å². The largest absolute Gasteiger partial charge is 0.497 e. The van der Waals surface area contributed by atoms with Crippen molar-refractivity contribution >= 4 is 11.9 Å². The van der Waals surface area contributed by atoms with Gasteiger partial charge in [0.15, 0.2) is 0 Å². The van der Waals surface area contributed by atoms with E-state index in [-0.39, 0.29) is 18.9 Å². The molecule has 1 aromatic carbocycles. The number of methoxy groups -OCH3 is 1. The molecule has 1 heterocycles. The summed E-state index contributed by atoms with van der Waals surface area (Å²) in [6.45, 7) is 0.0100. The average molecular weight is 352 g/mol. The highest BCUT2D eigenvalue weighted by molar-refractivity contribution is 6.07. The van der Waals surface area contributed by atoms with Crippen molar-refractivity contribution in [2.75, 3.05) is 13.7 Å². The monoisotopic (exact) mass is 352 g/mol. The molecule has 0 unspecified atom stereocenters. The molecule has 2 aliphatic rings. The maximum atomic E-state index is 13.2. The van der Waals surface area contributed by atoms with Gasteiger partial charge in [0, 0.05) is 13.0 Å². The first kappa shape index (κ1) is 17.8. The Bertz CT molecular complexity index is 823. The molecule has 26 heavy (non-hydrogen) atoms. The van der Waals surface area contributed by atoms with E-state index in [0.29, 0.717) is 12.8 Å². The second-order valence-corrected chi connectivity index (χ2v) is 6.65. The van der Waals surface area contributed by atoms with Crippen LogP contribution in [0.25, 0.3) is 0 Å². The smallest absolute Gasteiger partial charge is 0.325 e. The van der Waals surface area contributed by atoms with Crippen LogP contribution < -0.4 is 10.1 Å². The number of amides is 3. The number of aryl methyl sites for hydroxylation is 1. The molecule has 3 amide bonds. The third-order valence-electron chi connectivity index (χ3n) is 5.14. The lowest BCUT2D eigenvalue weighted by Crippen LogP contribution is -2.46. The van der Waals surface area contributed by atoms with Crippen LogP contribution in [0.3, 0.4) is 0 Å². The van der Waals surface area contributed by atoms with Crippen LogP contribution in [0, 0.1) is 28.6 Å². The van der Waals surface area contributed by atoms with Crippen LogP contribution in [0.4, 0.5) is 4.79 Å². The number of carbonyl (C=O) groups is 2. The lowest BCUT2D eigenvalue weighted by Gasteiger charge is -2.33. The summed E-state index contributed by atoms with van der Waals surface area (Å²) in [7, 11) is 1.59. The van der Waals surface area contributed by atoms with Crippen LogP contribution >= 0.6 is 0 Å². The number of imide groups is 1. The van der Waals surface area contributed by atoms with Gasteiger partial charge in [0.05, 0.1) is 25.2 Å². The molecule has 1 spiro atoms. The molecule has 2 atom stereocenters. The van der Waals surface area contributed by atoms with Crippen LogP contribution in [0.2, 0.25) is 0 Å². The van der Waals surface area contributed by atoms with Gasteiger partial charge in [-0.05, 0) is 48.9 Å². The third kappa shape index (κ3) is 2.86. The van der Waals surface area contributed by atoms with Gasteiger partial charge in [0.2, 0.25) is 0 Å². The van der Waals surface area contributed by atoms with Gasteiger partial charge in [-0.2, -0.15) is 10.5 Å². The van der Waals surface area contributed by atoms with E-state index in [0.717, 1.165) is 34.6 Å². The molecule has 7 heteroatoms. The molecule has 1 saturated heterocycles. The van der Waals surface area contributed by atoms with Crippen molar-refractivity contribution in [1.29, 1.82) is 10.5 Å². The lowest BCUT2D eigenvalue weighted by atomic mass is 9.76. The van der Waals surface area contributed by atoms with E-state index < -0.39 is 17.5 Å². The van der Waals surface area contributed by atoms with Gasteiger partial charge >= 0.3 is 6.03 Å². The van der Waals surface area contributed by atoms with Crippen LogP contribution in [0.1, 0.15) is 36.8 Å². The first-order chi connectivity index (χ1) is 12.6. The lowest BCUT2D eigenvalue weighted by molar-refractivity contribution is -0.132. The Labute approximate surface area is 152 Å². The molecule has 0 aromatic heterocycles. The molecular weight excluding hydrogens is 332 g/mol. The predicted octanol–water partition coefficient (Wildman–Crippen LogP) is 2.22. The number of nitriles is 2. The van der Waals surface area contributed by atoms with Crippen molar-refractivity contribution in [1.82, 2.24) is 10.2 Å². The first-order valence-electron chi connectivity index (χ1n) is 8.64. The number of hydrogen-bond acceptors (Lipinski definition) is 5. The Kier molecular flexibility index (Phi) is 4.81. The molecular formula is C19H20N4O3. The molecule has 7 nitrogen and oxygen atoms in total. The predicted molar refractivity (Wildman–Crippen MR) is 91.8 cm³/mol. The molecule has 0 radical (unpaired) electrons. The fraction of sp³-hybridized carbons (Fsp3) is 0.474. The second-order valence-electron chi connectivity index (χ2n) is 6.65. The van der Waals surface area contributed by atoms with Gasteiger partial charge in [-0.3, -0.25) is 9.69 Å². The molecule has 1 aliphatic carbocycles. The summed E-state index contributed by atoms with van der Waals surface area (Å²) in [5.41, 5.74) is 0.731. The molecule has 1 aliphatic heterocycles. The molecule has 3 rings (SSSR count). The number of carbonyl (C=O) groups excluding carboxylic acids is 2. The molecule has 1 N–H and O–H groups in total. The summed E-state index contributed by atoms with van der Waals surface area (Å²) >= 11 is 0. The molecule has 0 saturated carbocycles. The first-order valence-corrected chi connectivity index (χ1v) is 8.64. The van der Waals surface area contributed by atoms with E-state index >= 15 is 0 Å². The Morgan fingerprint density at radius 2 is 2.19 bits per heavy atom. The number of rotatable bonds is 5. The molecule has 1 aromatic rings. The number of hydrogen-bond donors (Lipinski definition) is 1. The number of nitrogens with zero attached hydrogens (tertiary/aromatic N) is 3. The Morgan fingerprint density at radius 1 is 1.38 bits per heavy atom. The maximum Gasteiger partial charge on any atom is 0.325 e. The Morgan fingerprint density at radius 3 is 2.88 bits per heavy atom. The number of urea groups is 1. The van der Waals surface area contributed by atoms with Crippen molar-refractivity contribution < 1.29 is 14.3 Å². The molecule has 134 valence electrons. The summed E-state index contributed by atoms with van der Waals surface area (Å²) in [4.78, 5) is 26.8. The number of nitrogens with one attached hydrogen (secondary N) is 1. The molecule has 0 bridgehead atoms. The van der Waals surface area contributed by atoms with E-state index in [1.165, 1.54) is 0 Å². The fourth-order valence-electron chi connectivity index (χ4n) is 3.80. The van der Waals surface area contributed by atoms with Crippen molar-refractivity contribution in [3.8, 4) is 17.9 Å². The van der Waals surface area contributed by atoms with Gasteiger partial charge in [0.25, 0.3) is 5.91 Å². The zero-order valence-electron chi connectivity index (χ0n) is 14.6. The van der Waals surface area contributed by atoms with Crippen LogP contribution in [0.15, 0.2) is 18.2 Å². The minimum absolute atomic E-state index is 0.0100.